The molecule has 0 aliphatic rings. The van der Waals surface area contributed by atoms with Crippen molar-refractivity contribution >= 4 is 11.8 Å². The van der Waals surface area contributed by atoms with Crippen molar-refractivity contribution in [1.82, 2.24) is 15.2 Å². The van der Waals surface area contributed by atoms with Gasteiger partial charge in [0.05, 0.1) is 0 Å². The quantitative estimate of drug-likeness (QED) is 0.571. The van der Waals surface area contributed by atoms with Crippen molar-refractivity contribution < 1.29 is 0 Å². The Labute approximate surface area is 51.9 Å². The first kappa shape index (κ1) is 5.62. The fourth-order valence-corrected chi connectivity index (χ4v) is 0.777. The van der Waals surface area contributed by atoms with Gasteiger partial charge in [0.2, 0.25) is 0 Å². The number of aryl methyl sites for hydroxylation is 1. The van der Waals surface area contributed by atoms with E-state index < -0.39 is 0 Å². The molecule has 1 heterocycles. The van der Waals surface area contributed by atoms with Gasteiger partial charge in [-0.15, -0.1) is 0 Å². The number of nitrogens with zero attached hydrogens (tertiary/aromatic N) is 2. The van der Waals surface area contributed by atoms with Gasteiger partial charge in [0.15, 0.2) is 5.16 Å². The maximum absolute atomic E-state index is 4.03. The molecule has 1 rings (SSSR count). The highest BCUT2D eigenvalue weighted by Gasteiger charge is 1.92. The van der Waals surface area contributed by atoms with Crippen LogP contribution in [-0.4, -0.2) is 21.4 Å². The molecule has 3 nitrogen and oxygen atoms in total. The molecule has 0 radical (unpaired) electrons. The Morgan fingerprint density at radius 1 is 1.62 bits per heavy atom. The molecule has 1 aromatic heterocycles. The predicted octanol–water partition coefficient (Wildman–Crippen LogP) is 0.835. The summed E-state index contributed by atoms with van der Waals surface area (Å²) in [4.78, 5) is 4.03. The van der Waals surface area contributed by atoms with Crippen LogP contribution in [0.2, 0.25) is 0 Å². The summed E-state index contributed by atoms with van der Waals surface area (Å²) in [5.41, 5.74) is 0. The van der Waals surface area contributed by atoms with Crippen molar-refractivity contribution in [3.05, 3.63) is 5.82 Å². The Morgan fingerprint density at radius 2 is 2.38 bits per heavy atom. The SMILES string of the molecule is CSc1nc(C)n[nH]1. The highest BCUT2D eigenvalue weighted by Crippen LogP contribution is 2.04. The van der Waals surface area contributed by atoms with Crippen LogP contribution in [0.5, 0.6) is 0 Å². The molecule has 0 unspecified atom stereocenters. The zero-order chi connectivity index (χ0) is 5.98. The Morgan fingerprint density at radius 3 is 2.62 bits per heavy atom. The molecule has 0 aliphatic heterocycles. The van der Waals surface area contributed by atoms with Gasteiger partial charge in [0.25, 0.3) is 0 Å². The molecular weight excluding hydrogens is 122 g/mol. The maximum Gasteiger partial charge on any atom is 0.183 e. The number of thioether (sulfide) groups is 1. The van der Waals surface area contributed by atoms with Crippen LogP contribution >= 0.6 is 11.8 Å². The number of aromatic amines is 1. The lowest BCUT2D eigenvalue weighted by Crippen LogP contribution is -1.69. The van der Waals surface area contributed by atoms with Crippen LogP contribution < -0.4 is 0 Å². The number of hydrogen-bond acceptors (Lipinski definition) is 3. The number of rotatable bonds is 1. The van der Waals surface area contributed by atoms with E-state index in [2.05, 4.69) is 15.2 Å². The molecule has 0 aromatic carbocycles. The van der Waals surface area contributed by atoms with Gasteiger partial charge in [-0.25, -0.2) is 4.98 Å². The highest BCUT2D eigenvalue weighted by molar-refractivity contribution is 7.98. The van der Waals surface area contributed by atoms with Crippen LogP contribution in [0.15, 0.2) is 5.16 Å². The molecule has 0 bridgehead atoms. The van der Waals surface area contributed by atoms with Gasteiger partial charge in [0, 0.05) is 0 Å². The number of H-pyrrole nitrogens is 1. The molecule has 0 fully saturated rings. The first-order valence-corrected chi connectivity index (χ1v) is 3.48. The summed E-state index contributed by atoms with van der Waals surface area (Å²) >= 11 is 1.56. The monoisotopic (exact) mass is 129 g/mol. The molecule has 0 saturated heterocycles. The summed E-state index contributed by atoms with van der Waals surface area (Å²) in [5.74, 6) is 0.800. The maximum atomic E-state index is 4.03. The minimum absolute atomic E-state index is 0.800. The van der Waals surface area contributed by atoms with Gasteiger partial charge in [-0.05, 0) is 13.2 Å². The van der Waals surface area contributed by atoms with E-state index in [1.807, 2.05) is 13.2 Å². The predicted molar refractivity (Wildman–Crippen MR) is 32.9 cm³/mol. The molecule has 8 heavy (non-hydrogen) atoms. The zero-order valence-corrected chi connectivity index (χ0v) is 5.62. The Bertz CT molecular complexity index is 172. The van der Waals surface area contributed by atoms with Crippen LogP contribution in [0.25, 0.3) is 0 Å². The second-order valence-corrected chi connectivity index (χ2v) is 2.19. The van der Waals surface area contributed by atoms with E-state index in [-0.39, 0.29) is 0 Å². The normalized spacial score (nSPS) is 9.75. The van der Waals surface area contributed by atoms with E-state index in [1.165, 1.54) is 0 Å². The smallest absolute Gasteiger partial charge is 0.183 e. The summed E-state index contributed by atoms with van der Waals surface area (Å²) in [6, 6.07) is 0. The number of nitrogens with one attached hydrogen (secondary N) is 1. The van der Waals surface area contributed by atoms with Crippen LogP contribution in [0.3, 0.4) is 0 Å². The molecule has 1 N–H and O–H groups in total. The second-order valence-electron chi connectivity index (χ2n) is 1.39. The summed E-state index contributed by atoms with van der Waals surface area (Å²) in [6.45, 7) is 1.86. The van der Waals surface area contributed by atoms with Crippen molar-refractivity contribution in [2.75, 3.05) is 6.26 Å². The molecule has 0 spiro atoms. The molecule has 4 heteroatoms. The van der Waals surface area contributed by atoms with E-state index in [0.717, 1.165) is 11.0 Å². The largest absolute Gasteiger partial charge is 0.254 e. The lowest BCUT2D eigenvalue weighted by Gasteiger charge is -1.77. The first-order valence-electron chi connectivity index (χ1n) is 2.26. The Balaban J connectivity index is 2.84. The topological polar surface area (TPSA) is 41.6 Å². The minimum Gasteiger partial charge on any atom is -0.254 e. The molecule has 0 amide bonds. The van der Waals surface area contributed by atoms with E-state index in [4.69, 9.17) is 0 Å². The zero-order valence-electron chi connectivity index (χ0n) is 4.80. The van der Waals surface area contributed by atoms with Crippen molar-refractivity contribution in [1.29, 1.82) is 0 Å². The average molecular weight is 129 g/mol. The van der Waals surface area contributed by atoms with Gasteiger partial charge in [-0.2, -0.15) is 5.10 Å². The average Bonchev–Trinajstić information content (AvgIpc) is 2.14. The molecule has 1 aromatic rings. The summed E-state index contributed by atoms with van der Waals surface area (Å²) in [6.07, 6.45) is 1.96. The van der Waals surface area contributed by atoms with Gasteiger partial charge in [0.1, 0.15) is 5.82 Å². The summed E-state index contributed by atoms with van der Waals surface area (Å²) in [7, 11) is 0. The Kier molecular flexibility index (Phi) is 1.53. The minimum atomic E-state index is 0.800. The summed E-state index contributed by atoms with van der Waals surface area (Å²) in [5, 5.41) is 7.46. The molecule has 0 saturated carbocycles. The first-order chi connectivity index (χ1) is 3.83. The molecular formula is C4H7N3S. The van der Waals surface area contributed by atoms with E-state index in [0.29, 0.717) is 0 Å². The van der Waals surface area contributed by atoms with E-state index >= 15 is 0 Å². The van der Waals surface area contributed by atoms with E-state index in [1.54, 1.807) is 11.8 Å². The van der Waals surface area contributed by atoms with Gasteiger partial charge in [-0.1, -0.05) is 11.8 Å². The number of hydrogen-bond donors (Lipinski definition) is 1. The third-order valence-electron chi connectivity index (χ3n) is 0.770. The van der Waals surface area contributed by atoms with Gasteiger partial charge < -0.3 is 0 Å². The van der Waals surface area contributed by atoms with Gasteiger partial charge in [-0.3, -0.25) is 5.10 Å². The lowest BCUT2D eigenvalue weighted by molar-refractivity contribution is 0.972. The highest BCUT2D eigenvalue weighted by atomic mass is 32.2. The summed E-state index contributed by atoms with van der Waals surface area (Å²) < 4.78 is 0. The number of aromatic nitrogens is 3. The van der Waals surface area contributed by atoms with Crippen LogP contribution in [-0.2, 0) is 0 Å². The third kappa shape index (κ3) is 1.01. The molecule has 0 atom stereocenters. The third-order valence-corrected chi connectivity index (χ3v) is 1.34. The van der Waals surface area contributed by atoms with Crippen LogP contribution in [0.1, 0.15) is 5.82 Å². The van der Waals surface area contributed by atoms with E-state index in [9.17, 15) is 0 Å². The van der Waals surface area contributed by atoms with Crippen LogP contribution in [0.4, 0.5) is 0 Å². The van der Waals surface area contributed by atoms with Crippen LogP contribution in [0, 0.1) is 6.92 Å². The standard InChI is InChI=1S/C4H7N3S/c1-3-5-4(8-2)7-6-3/h1-2H3,(H,5,6,7). The van der Waals surface area contributed by atoms with Crippen molar-refractivity contribution in [2.24, 2.45) is 0 Å². The Hall–Kier alpha value is -0.510. The fraction of sp³-hybridized carbons (Fsp3) is 0.500. The van der Waals surface area contributed by atoms with Crippen molar-refractivity contribution in [3.63, 3.8) is 0 Å². The van der Waals surface area contributed by atoms with Gasteiger partial charge >= 0.3 is 0 Å². The molecule has 0 aliphatic carbocycles. The van der Waals surface area contributed by atoms with Crippen molar-refractivity contribution in [3.8, 4) is 0 Å². The molecule has 44 valence electrons. The lowest BCUT2D eigenvalue weighted by atomic mass is 10.8. The van der Waals surface area contributed by atoms with Crippen molar-refractivity contribution in [2.45, 2.75) is 12.1 Å². The fourth-order valence-electron chi connectivity index (χ4n) is 0.417. The second kappa shape index (κ2) is 2.17.